The van der Waals surface area contributed by atoms with Gasteiger partial charge in [0.2, 0.25) is 0 Å². The molecule has 0 N–H and O–H groups in total. The van der Waals surface area contributed by atoms with Crippen LogP contribution in [0.3, 0.4) is 0 Å². The fourth-order valence-corrected chi connectivity index (χ4v) is 2.70. The van der Waals surface area contributed by atoms with Crippen LogP contribution in [0.4, 0.5) is 4.39 Å². The molecule has 0 unspecified atom stereocenters. The van der Waals surface area contributed by atoms with Gasteiger partial charge in [0.05, 0.1) is 21.7 Å². The zero-order chi connectivity index (χ0) is 14.1. The number of nitrogens with zero attached hydrogens (tertiary/aromatic N) is 2. The number of alkyl halides is 1. The number of aryl methyl sites for hydroxylation is 1. The molecule has 0 bridgehead atoms. The number of hydrogen-bond acceptors (Lipinski definition) is 1. The maximum Gasteiger partial charge on any atom is 0.147 e. The fraction of sp³-hybridized carbons (Fsp3) is 0.133. The van der Waals surface area contributed by atoms with Gasteiger partial charge in [-0.3, -0.25) is 4.57 Å². The number of para-hydroxylation sites is 2. The Labute approximate surface area is 125 Å². The summed E-state index contributed by atoms with van der Waals surface area (Å²) in [6.07, 6.45) is 0.543. The zero-order valence-electron chi connectivity index (χ0n) is 10.5. The Morgan fingerprint density at radius 1 is 1.10 bits per heavy atom. The van der Waals surface area contributed by atoms with Gasteiger partial charge in [-0.2, -0.15) is 0 Å². The van der Waals surface area contributed by atoms with Crippen molar-refractivity contribution in [3.05, 3.63) is 59.1 Å². The van der Waals surface area contributed by atoms with Crippen LogP contribution in [-0.2, 0) is 6.42 Å². The Morgan fingerprint density at radius 3 is 2.65 bits per heavy atom. The Hall–Kier alpha value is -1.58. The highest BCUT2D eigenvalue weighted by Crippen LogP contribution is 2.29. The first-order valence-corrected chi connectivity index (χ1v) is 7.10. The molecule has 0 saturated carbocycles. The van der Waals surface area contributed by atoms with E-state index in [1.165, 1.54) is 6.07 Å². The molecule has 0 aliphatic heterocycles. The minimum Gasteiger partial charge on any atom is -0.292 e. The minimum absolute atomic E-state index is 0.317. The van der Waals surface area contributed by atoms with Crippen LogP contribution in [0.1, 0.15) is 5.82 Å². The first-order valence-electron chi connectivity index (χ1n) is 6.19. The summed E-state index contributed by atoms with van der Waals surface area (Å²) in [6.45, 7) is 0. The number of fused-ring (bicyclic) bond motifs is 1. The second kappa shape index (κ2) is 5.43. The maximum absolute atomic E-state index is 14.1. The Kier molecular flexibility index (Phi) is 3.64. The van der Waals surface area contributed by atoms with Gasteiger partial charge in [-0.15, -0.1) is 11.6 Å². The molecule has 1 heterocycles. The molecule has 0 amide bonds. The highest BCUT2D eigenvalue weighted by Gasteiger charge is 2.16. The van der Waals surface area contributed by atoms with E-state index in [0.717, 1.165) is 5.52 Å². The van der Waals surface area contributed by atoms with Crippen LogP contribution < -0.4 is 0 Å². The summed E-state index contributed by atoms with van der Waals surface area (Å²) < 4.78 is 15.9. The number of imidazole rings is 1. The molecule has 2 aromatic carbocycles. The van der Waals surface area contributed by atoms with Crippen molar-refractivity contribution in [2.45, 2.75) is 6.42 Å². The molecule has 0 aliphatic carbocycles. The van der Waals surface area contributed by atoms with Gasteiger partial charge in [0, 0.05) is 12.3 Å². The van der Waals surface area contributed by atoms with Crippen LogP contribution in [0.25, 0.3) is 16.7 Å². The van der Waals surface area contributed by atoms with Gasteiger partial charge in [-0.05, 0) is 24.3 Å². The molecule has 0 radical (unpaired) electrons. The number of rotatable bonds is 3. The normalized spacial score (nSPS) is 11.2. The predicted octanol–water partition coefficient (Wildman–Crippen LogP) is 4.60. The van der Waals surface area contributed by atoms with E-state index < -0.39 is 0 Å². The lowest BCUT2D eigenvalue weighted by molar-refractivity contribution is 0.617. The summed E-state index contributed by atoms with van der Waals surface area (Å²) >= 11 is 12.1. The highest BCUT2D eigenvalue weighted by atomic mass is 35.5. The van der Waals surface area contributed by atoms with Crippen molar-refractivity contribution in [2.75, 3.05) is 5.88 Å². The molecule has 0 fully saturated rings. The summed E-state index contributed by atoms with van der Waals surface area (Å²) in [6, 6.07) is 12.0. The van der Waals surface area contributed by atoms with E-state index >= 15 is 0 Å². The van der Waals surface area contributed by atoms with Crippen LogP contribution in [0.5, 0.6) is 0 Å². The van der Waals surface area contributed by atoms with Gasteiger partial charge in [0.25, 0.3) is 0 Å². The largest absolute Gasteiger partial charge is 0.292 e. The molecule has 20 heavy (non-hydrogen) atoms. The van der Waals surface area contributed by atoms with Gasteiger partial charge >= 0.3 is 0 Å². The molecule has 0 aliphatic rings. The lowest BCUT2D eigenvalue weighted by atomic mass is 10.2. The average Bonchev–Trinajstić information content (AvgIpc) is 2.79. The van der Waals surface area contributed by atoms with E-state index in [0.29, 0.717) is 34.4 Å². The summed E-state index contributed by atoms with van der Waals surface area (Å²) in [5.41, 5.74) is 1.88. The molecular weight excluding hydrogens is 298 g/mol. The molecule has 1 aromatic heterocycles. The molecule has 102 valence electrons. The maximum atomic E-state index is 14.1. The Balaban J connectivity index is 2.37. The first kappa shape index (κ1) is 13.4. The quantitative estimate of drug-likeness (QED) is 0.647. The lowest BCUT2D eigenvalue weighted by Gasteiger charge is -2.10. The van der Waals surface area contributed by atoms with Crippen LogP contribution in [0, 0.1) is 5.82 Å². The number of aromatic nitrogens is 2. The van der Waals surface area contributed by atoms with Crippen molar-refractivity contribution >= 4 is 34.2 Å². The third kappa shape index (κ3) is 2.17. The van der Waals surface area contributed by atoms with Crippen molar-refractivity contribution in [1.82, 2.24) is 9.55 Å². The van der Waals surface area contributed by atoms with Crippen LogP contribution in [-0.4, -0.2) is 15.4 Å². The Bertz CT molecular complexity index is 768. The smallest absolute Gasteiger partial charge is 0.147 e. The third-order valence-electron chi connectivity index (χ3n) is 3.11. The summed E-state index contributed by atoms with van der Waals surface area (Å²) in [7, 11) is 0. The van der Waals surface area contributed by atoms with Crippen LogP contribution in [0.2, 0.25) is 5.02 Å². The SMILES string of the molecule is Fc1ccccc1-n1c(CCCl)nc2cccc(Cl)c21. The molecule has 3 rings (SSSR count). The molecule has 3 aromatic rings. The van der Waals surface area contributed by atoms with Gasteiger partial charge < -0.3 is 0 Å². The van der Waals surface area contributed by atoms with Gasteiger partial charge in [0.15, 0.2) is 0 Å². The average molecular weight is 309 g/mol. The van der Waals surface area contributed by atoms with E-state index in [4.69, 9.17) is 23.2 Å². The van der Waals surface area contributed by atoms with E-state index in [2.05, 4.69) is 4.98 Å². The summed E-state index contributed by atoms with van der Waals surface area (Å²) in [4.78, 5) is 4.51. The van der Waals surface area contributed by atoms with Crippen molar-refractivity contribution in [1.29, 1.82) is 0 Å². The topological polar surface area (TPSA) is 17.8 Å². The molecule has 0 saturated heterocycles. The van der Waals surface area contributed by atoms with E-state index in [1.807, 2.05) is 12.1 Å². The first-order chi connectivity index (χ1) is 9.72. The molecule has 0 spiro atoms. The van der Waals surface area contributed by atoms with Crippen LogP contribution in [0.15, 0.2) is 42.5 Å². The predicted molar refractivity (Wildman–Crippen MR) is 80.5 cm³/mol. The summed E-state index contributed by atoms with van der Waals surface area (Å²) in [5.74, 6) is 0.797. The highest BCUT2D eigenvalue weighted by molar-refractivity contribution is 6.35. The zero-order valence-corrected chi connectivity index (χ0v) is 12.0. The third-order valence-corrected chi connectivity index (χ3v) is 3.60. The molecular formula is C15H11Cl2FN2. The summed E-state index contributed by atoms with van der Waals surface area (Å²) in [5, 5.41) is 0.541. The number of hydrogen-bond donors (Lipinski definition) is 0. The second-order valence-corrected chi connectivity index (χ2v) is 5.15. The van der Waals surface area contributed by atoms with E-state index in [1.54, 1.807) is 28.8 Å². The molecule has 2 nitrogen and oxygen atoms in total. The van der Waals surface area contributed by atoms with Gasteiger partial charge in [-0.1, -0.05) is 29.8 Å². The fourth-order valence-electron chi connectivity index (χ4n) is 2.28. The molecule has 5 heteroatoms. The van der Waals surface area contributed by atoms with Crippen molar-refractivity contribution in [2.24, 2.45) is 0 Å². The van der Waals surface area contributed by atoms with Gasteiger partial charge in [0.1, 0.15) is 11.6 Å². The van der Waals surface area contributed by atoms with E-state index in [-0.39, 0.29) is 5.82 Å². The number of halogens is 3. The van der Waals surface area contributed by atoms with E-state index in [9.17, 15) is 4.39 Å². The Morgan fingerprint density at radius 2 is 1.90 bits per heavy atom. The number of benzene rings is 2. The van der Waals surface area contributed by atoms with Crippen molar-refractivity contribution in [3.8, 4) is 5.69 Å². The molecule has 0 atom stereocenters. The van der Waals surface area contributed by atoms with Crippen LogP contribution >= 0.6 is 23.2 Å². The monoisotopic (exact) mass is 308 g/mol. The van der Waals surface area contributed by atoms with Crippen molar-refractivity contribution < 1.29 is 4.39 Å². The van der Waals surface area contributed by atoms with Crippen molar-refractivity contribution in [3.63, 3.8) is 0 Å². The second-order valence-electron chi connectivity index (χ2n) is 4.36. The standard InChI is InChI=1S/C15H11Cl2FN2/c16-9-8-14-19-12-6-3-4-10(17)15(12)20(14)13-7-2-1-5-11(13)18/h1-7H,8-9H2. The minimum atomic E-state index is -0.317. The van der Waals surface area contributed by atoms with Gasteiger partial charge in [-0.25, -0.2) is 9.37 Å². The lowest BCUT2D eigenvalue weighted by Crippen LogP contribution is -2.04.